The summed E-state index contributed by atoms with van der Waals surface area (Å²) >= 11 is 6.97. The van der Waals surface area contributed by atoms with Crippen molar-refractivity contribution in [1.82, 2.24) is 5.32 Å². The number of ether oxygens (including phenoxy) is 7. The predicted molar refractivity (Wildman–Crippen MR) is 184 cm³/mol. The number of allylic oxidation sites excluding steroid dienone is 1. The average Bonchev–Trinajstić information content (AvgIpc) is 3.78. The smallest absolute Gasteiger partial charge is 0.490 e. The van der Waals surface area contributed by atoms with Gasteiger partial charge in [-0.15, -0.1) is 0 Å². The summed E-state index contributed by atoms with van der Waals surface area (Å²) < 4.78 is 71.8. The van der Waals surface area contributed by atoms with Gasteiger partial charge >= 0.3 is 18.1 Å². The van der Waals surface area contributed by atoms with E-state index in [4.69, 9.17) is 47.9 Å². The molecule has 20 heteroatoms. The number of halogens is 5. The molecule has 0 aliphatic carbocycles. The number of carboxylic acids is 1. The van der Waals surface area contributed by atoms with Gasteiger partial charge in [0.05, 0.1) is 59.8 Å². The number of aliphatic carboxylic acids is 1. The molecule has 1 atom stereocenters. The third-order valence-electron chi connectivity index (χ3n) is 6.86. The van der Waals surface area contributed by atoms with Crippen molar-refractivity contribution in [3.63, 3.8) is 0 Å². The van der Waals surface area contributed by atoms with Crippen molar-refractivity contribution in [2.75, 3.05) is 47.6 Å². The van der Waals surface area contributed by atoms with E-state index in [1.54, 1.807) is 6.92 Å². The highest BCUT2D eigenvalue weighted by molar-refractivity contribution is 9.11. The summed E-state index contributed by atoms with van der Waals surface area (Å²) in [7, 11) is 2.82. The number of oxime groups is 1. The molecule has 2 heterocycles. The number of alkyl halides is 3. The fraction of sp³-hybridized carbons (Fsp3) is 0.438. The highest BCUT2D eigenvalue weighted by Gasteiger charge is 2.41. The highest BCUT2D eigenvalue weighted by atomic mass is 79.9. The number of esters is 1. The molecule has 3 N–H and O–H groups in total. The molecule has 0 aromatic heterocycles. The maximum Gasteiger partial charge on any atom is 0.490 e. The van der Waals surface area contributed by atoms with Crippen LogP contribution in [0, 0.1) is 0 Å². The molecule has 0 spiro atoms. The predicted octanol–water partition coefficient (Wildman–Crippen LogP) is 6.00. The van der Waals surface area contributed by atoms with Gasteiger partial charge in [0.15, 0.2) is 23.0 Å². The summed E-state index contributed by atoms with van der Waals surface area (Å²) in [5, 5.41) is 23.8. The number of rotatable bonds is 15. The van der Waals surface area contributed by atoms with E-state index in [2.05, 4.69) is 55.3 Å². The van der Waals surface area contributed by atoms with Crippen molar-refractivity contribution < 1.29 is 75.8 Å². The monoisotopic (exact) mass is 870 g/mol. The molecule has 0 radical (unpaired) electrons. The zero-order chi connectivity index (χ0) is 38.6. The normalized spacial score (nSPS) is 13.4. The Morgan fingerprint density at radius 1 is 0.904 bits per heavy atom. The number of carboxylic acid groups (broad SMARTS) is 1. The first-order valence-electron chi connectivity index (χ1n) is 15.4. The molecule has 0 saturated heterocycles. The van der Waals surface area contributed by atoms with Gasteiger partial charge < -0.3 is 53.5 Å². The van der Waals surface area contributed by atoms with Crippen LogP contribution in [0.5, 0.6) is 34.5 Å². The van der Waals surface area contributed by atoms with Crippen LogP contribution < -0.4 is 33.7 Å². The number of nitrogens with one attached hydrogen (secondary N) is 1. The Labute approximate surface area is 312 Å². The van der Waals surface area contributed by atoms with Gasteiger partial charge in [0.25, 0.3) is 5.91 Å². The number of hydrogen-bond donors (Lipinski definition) is 3. The summed E-state index contributed by atoms with van der Waals surface area (Å²) in [6.07, 6.45) is 2.99. The van der Waals surface area contributed by atoms with Crippen LogP contribution in [0.25, 0.3) is 11.1 Å². The fourth-order valence-electron chi connectivity index (χ4n) is 4.65. The Bertz CT molecular complexity index is 1690. The Kier molecular flexibility index (Phi) is 15.7. The Morgan fingerprint density at radius 2 is 1.40 bits per heavy atom. The van der Waals surface area contributed by atoms with Crippen molar-refractivity contribution in [1.29, 1.82) is 0 Å². The zero-order valence-corrected chi connectivity index (χ0v) is 31.4. The minimum atomic E-state index is -5.08. The molecule has 52 heavy (non-hydrogen) atoms. The van der Waals surface area contributed by atoms with Crippen molar-refractivity contribution in [3.8, 4) is 45.6 Å². The third-order valence-corrected chi connectivity index (χ3v) is 8.38. The topological polar surface area (TPSA) is 190 Å². The third kappa shape index (κ3) is 9.71. The number of carbonyl (C=O) groups is 3. The molecular formula is C32H35Br2F3N2O13. The van der Waals surface area contributed by atoms with E-state index in [-0.39, 0.29) is 85.9 Å². The number of aliphatic hydroxyl groups is 1. The molecule has 15 nitrogen and oxygen atoms in total. The van der Waals surface area contributed by atoms with Gasteiger partial charge in [0, 0.05) is 17.5 Å². The number of benzene rings is 2. The minimum absolute atomic E-state index is 0.0107. The van der Waals surface area contributed by atoms with Crippen LogP contribution in [0.1, 0.15) is 53.8 Å². The van der Waals surface area contributed by atoms with Crippen molar-refractivity contribution >= 4 is 55.9 Å². The molecule has 2 aromatic rings. The standard InChI is InChI=1S/C30H34Br2N2O11.C2HF3O2/c1-5-7-8-9-10-11-45-33-12-16(13-35)34-29(36)19-17(23-27(43-14-41-23)25(38-3)21(19)31)18-20(30(37)40-6-2)22(32)26(39-4)28-24(18)42-15-44-28;3-2(4,5)1(6)7/h8-9,12,16,35H,5-7,10-11,13-15H2,1-4H3,(H,34,36);(H,6,7)/b9-8+,33-12+;. The Morgan fingerprint density at radius 3 is 1.88 bits per heavy atom. The van der Waals surface area contributed by atoms with E-state index in [9.17, 15) is 27.9 Å². The highest BCUT2D eigenvalue weighted by Crippen LogP contribution is 2.60. The second kappa shape index (κ2) is 19.4. The van der Waals surface area contributed by atoms with Crippen molar-refractivity contribution in [2.24, 2.45) is 5.16 Å². The van der Waals surface area contributed by atoms with Gasteiger partial charge in [0.2, 0.25) is 25.1 Å². The van der Waals surface area contributed by atoms with Crippen LogP contribution in [-0.2, 0) is 14.4 Å². The zero-order valence-electron chi connectivity index (χ0n) is 28.2. The molecule has 2 aromatic carbocycles. The number of methoxy groups -OCH3 is 2. The number of hydrogen-bond acceptors (Lipinski definition) is 13. The van der Waals surface area contributed by atoms with E-state index in [1.807, 2.05) is 6.08 Å². The van der Waals surface area contributed by atoms with Crippen molar-refractivity contribution in [3.05, 3.63) is 32.2 Å². The Hall–Kier alpha value is -4.43. The summed E-state index contributed by atoms with van der Waals surface area (Å²) in [5.41, 5.74) is 0.204. The number of carbonyl (C=O) groups excluding carboxylic acids is 2. The number of fused-ring (bicyclic) bond motifs is 2. The molecule has 1 unspecified atom stereocenters. The lowest BCUT2D eigenvalue weighted by atomic mass is 9.91. The van der Waals surface area contributed by atoms with Crippen LogP contribution in [0.4, 0.5) is 13.2 Å². The second-order valence-electron chi connectivity index (χ2n) is 10.2. The van der Waals surface area contributed by atoms with Gasteiger partial charge in [0.1, 0.15) is 6.61 Å². The first-order valence-corrected chi connectivity index (χ1v) is 16.9. The van der Waals surface area contributed by atoms with Gasteiger partial charge in [-0.05, 0) is 45.2 Å². The summed E-state index contributed by atoms with van der Waals surface area (Å²) in [6, 6.07) is -0.943. The molecule has 0 bridgehead atoms. The Balaban J connectivity index is 0.000000944. The van der Waals surface area contributed by atoms with Crippen LogP contribution >= 0.6 is 31.9 Å². The maximum absolute atomic E-state index is 14.1. The molecule has 2 aliphatic heterocycles. The largest absolute Gasteiger partial charge is 0.492 e. The van der Waals surface area contributed by atoms with E-state index >= 15 is 0 Å². The SMILES string of the molecule is CCC/C=C/CCO/N=C/C(CO)NC(=O)c1c(Br)c(OC)c2c(c1-c1c3c(c(OC)c(Br)c1C(=O)OCC)OCO3)OCO2.O=C(O)C(F)(F)F. The van der Waals surface area contributed by atoms with E-state index in [0.717, 1.165) is 12.8 Å². The molecular weight excluding hydrogens is 837 g/mol. The molecule has 0 fully saturated rings. The molecule has 0 saturated carbocycles. The molecule has 2 aliphatic rings. The summed E-state index contributed by atoms with van der Waals surface area (Å²) in [4.78, 5) is 41.8. The number of unbranched alkanes of at least 4 members (excludes halogenated alkanes) is 1. The lowest BCUT2D eigenvalue weighted by molar-refractivity contribution is -0.192. The van der Waals surface area contributed by atoms with Gasteiger partial charge in [-0.25, -0.2) is 9.59 Å². The van der Waals surface area contributed by atoms with Gasteiger partial charge in [-0.3, -0.25) is 4.79 Å². The van der Waals surface area contributed by atoms with Crippen LogP contribution in [-0.4, -0.2) is 94.1 Å². The fourth-order valence-corrected chi connectivity index (χ4v) is 6.07. The lowest BCUT2D eigenvalue weighted by Crippen LogP contribution is -2.39. The minimum Gasteiger partial charge on any atom is -0.492 e. The number of aliphatic hydroxyl groups excluding tert-OH is 1. The average molecular weight is 872 g/mol. The van der Waals surface area contributed by atoms with Crippen molar-refractivity contribution in [2.45, 2.75) is 45.3 Å². The van der Waals surface area contributed by atoms with Gasteiger partial charge in [-0.2, -0.15) is 13.2 Å². The van der Waals surface area contributed by atoms with Crippen LogP contribution in [0.15, 0.2) is 26.3 Å². The first-order chi connectivity index (χ1) is 24.8. The second-order valence-corrected chi connectivity index (χ2v) is 11.8. The molecule has 286 valence electrons. The van der Waals surface area contributed by atoms with Crippen LogP contribution in [0.2, 0.25) is 0 Å². The van der Waals surface area contributed by atoms with E-state index in [0.29, 0.717) is 13.0 Å². The molecule has 4 rings (SSSR count). The van der Waals surface area contributed by atoms with E-state index in [1.165, 1.54) is 20.4 Å². The maximum atomic E-state index is 14.1. The summed E-state index contributed by atoms with van der Waals surface area (Å²) in [6.45, 7) is 3.28. The molecule has 1 amide bonds. The van der Waals surface area contributed by atoms with E-state index < -0.39 is 36.7 Å². The lowest BCUT2D eigenvalue weighted by Gasteiger charge is -2.22. The number of nitrogens with zero attached hydrogens (tertiary/aromatic N) is 1. The number of amides is 1. The quantitative estimate of drug-likeness (QED) is 0.0622. The first kappa shape index (κ1) is 42.0. The van der Waals surface area contributed by atoms with Crippen LogP contribution in [0.3, 0.4) is 0 Å². The van der Waals surface area contributed by atoms with Gasteiger partial charge in [-0.1, -0.05) is 30.7 Å². The summed E-state index contributed by atoms with van der Waals surface area (Å²) in [5.74, 6) is -3.21.